The summed E-state index contributed by atoms with van der Waals surface area (Å²) in [6.45, 7) is 0. The van der Waals surface area contributed by atoms with Crippen molar-refractivity contribution >= 4 is 33.6 Å². The SMILES string of the molecule is N#Cc1ccc(C=CCBr)c(Cl)c1. The molecule has 0 bridgehead atoms. The Morgan fingerprint density at radius 1 is 1.54 bits per heavy atom. The van der Waals surface area contributed by atoms with Crippen LogP contribution in [0.5, 0.6) is 0 Å². The van der Waals surface area contributed by atoms with Crippen molar-refractivity contribution in [2.75, 3.05) is 5.33 Å². The van der Waals surface area contributed by atoms with Crippen molar-refractivity contribution in [3.8, 4) is 6.07 Å². The Morgan fingerprint density at radius 2 is 2.31 bits per heavy atom. The molecule has 0 unspecified atom stereocenters. The zero-order chi connectivity index (χ0) is 9.68. The molecule has 0 amide bonds. The minimum absolute atomic E-state index is 0.584. The molecule has 1 aromatic rings. The van der Waals surface area contributed by atoms with Crippen LogP contribution in [0.15, 0.2) is 24.3 Å². The second-order valence-electron chi connectivity index (χ2n) is 2.40. The van der Waals surface area contributed by atoms with Gasteiger partial charge in [0, 0.05) is 10.4 Å². The van der Waals surface area contributed by atoms with Crippen molar-refractivity contribution in [2.24, 2.45) is 0 Å². The summed E-state index contributed by atoms with van der Waals surface area (Å²) in [5, 5.41) is 10.00. The molecular formula is C10H7BrClN. The van der Waals surface area contributed by atoms with Crippen molar-refractivity contribution in [2.45, 2.75) is 0 Å². The maximum atomic E-state index is 8.59. The molecule has 0 saturated carbocycles. The molecule has 0 aromatic heterocycles. The van der Waals surface area contributed by atoms with E-state index >= 15 is 0 Å². The highest BCUT2D eigenvalue weighted by Crippen LogP contribution is 2.18. The quantitative estimate of drug-likeness (QED) is 0.742. The summed E-state index contributed by atoms with van der Waals surface area (Å²) in [7, 11) is 0. The lowest BCUT2D eigenvalue weighted by atomic mass is 10.1. The molecule has 0 spiro atoms. The van der Waals surface area contributed by atoms with Gasteiger partial charge >= 0.3 is 0 Å². The van der Waals surface area contributed by atoms with Crippen LogP contribution in [-0.2, 0) is 0 Å². The molecule has 13 heavy (non-hydrogen) atoms. The van der Waals surface area contributed by atoms with E-state index in [2.05, 4.69) is 15.9 Å². The smallest absolute Gasteiger partial charge is 0.0992 e. The van der Waals surface area contributed by atoms with Gasteiger partial charge in [-0.25, -0.2) is 0 Å². The second-order valence-corrected chi connectivity index (χ2v) is 3.46. The number of halogens is 2. The van der Waals surface area contributed by atoms with Crippen LogP contribution >= 0.6 is 27.5 Å². The van der Waals surface area contributed by atoms with Gasteiger partial charge in [-0.2, -0.15) is 5.26 Å². The highest BCUT2D eigenvalue weighted by atomic mass is 79.9. The first-order valence-corrected chi connectivity index (χ1v) is 5.20. The van der Waals surface area contributed by atoms with Gasteiger partial charge in [0.15, 0.2) is 0 Å². The standard InChI is InChI=1S/C10H7BrClN/c11-5-1-2-9-4-3-8(7-13)6-10(9)12/h1-4,6H,5H2. The first kappa shape index (κ1) is 10.3. The Hall–Kier alpha value is -0.780. The summed E-state index contributed by atoms with van der Waals surface area (Å²) < 4.78 is 0. The molecule has 0 aliphatic heterocycles. The van der Waals surface area contributed by atoms with Crippen molar-refractivity contribution in [1.82, 2.24) is 0 Å². The van der Waals surface area contributed by atoms with Crippen LogP contribution in [0, 0.1) is 11.3 Å². The van der Waals surface area contributed by atoms with Gasteiger partial charge in [-0.15, -0.1) is 0 Å². The van der Waals surface area contributed by atoms with E-state index in [0.717, 1.165) is 10.9 Å². The Morgan fingerprint density at radius 3 is 2.85 bits per heavy atom. The van der Waals surface area contributed by atoms with Crippen LogP contribution in [0.4, 0.5) is 0 Å². The fourth-order valence-corrected chi connectivity index (χ4v) is 1.33. The third kappa shape index (κ3) is 2.87. The fraction of sp³-hybridized carbons (Fsp3) is 0.100. The van der Waals surface area contributed by atoms with Crippen LogP contribution in [-0.4, -0.2) is 5.33 Å². The average Bonchev–Trinajstić information content (AvgIpc) is 2.16. The van der Waals surface area contributed by atoms with Crippen molar-refractivity contribution in [3.05, 3.63) is 40.4 Å². The highest BCUT2D eigenvalue weighted by molar-refractivity contribution is 9.09. The molecule has 1 aromatic carbocycles. The largest absolute Gasteiger partial charge is 0.192 e. The van der Waals surface area contributed by atoms with Gasteiger partial charge in [0.05, 0.1) is 11.6 Å². The lowest BCUT2D eigenvalue weighted by Crippen LogP contribution is -1.78. The predicted molar refractivity (Wildman–Crippen MR) is 59.0 cm³/mol. The minimum Gasteiger partial charge on any atom is -0.192 e. The van der Waals surface area contributed by atoms with E-state index in [0.29, 0.717) is 10.6 Å². The van der Waals surface area contributed by atoms with Crippen LogP contribution < -0.4 is 0 Å². The zero-order valence-electron chi connectivity index (χ0n) is 6.80. The highest BCUT2D eigenvalue weighted by Gasteiger charge is 1.97. The summed E-state index contributed by atoms with van der Waals surface area (Å²) in [6.07, 6.45) is 3.87. The molecule has 1 nitrogen and oxygen atoms in total. The Kier molecular flexibility index (Phi) is 4.01. The van der Waals surface area contributed by atoms with Crippen LogP contribution in [0.25, 0.3) is 6.08 Å². The topological polar surface area (TPSA) is 23.8 Å². The van der Waals surface area contributed by atoms with E-state index in [1.165, 1.54) is 0 Å². The number of alkyl halides is 1. The number of rotatable bonds is 2. The molecule has 3 heteroatoms. The van der Waals surface area contributed by atoms with Gasteiger partial charge in [-0.1, -0.05) is 45.7 Å². The third-order valence-corrected chi connectivity index (χ3v) is 2.22. The molecular weight excluding hydrogens is 249 g/mol. The monoisotopic (exact) mass is 255 g/mol. The van der Waals surface area contributed by atoms with E-state index in [4.69, 9.17) is 16.9 Å². The number of nitrogens with zero attached hydrogens (tertiary/aromatic N) is 1. The number of hydrogen-bond acceptors (Lipinski definition) is 1. The first-order valence-electron chi connectivity index (χ1n) is 3.70. The molecule has 0 radical (unpaired) electrons. The summed E-state index contributed by atoms with van der Waals surface area (Å²) in [5.74, 6) is 0. The predicted octanol–water partition coefficient (Wildman–Crippen LogP) is 3.62. The van der Waals surface area contributed by atoms with E-state index in [1.807, 2.05) is 24.3 Å². The molecule has 66 valence electrons. The Balaban J connectivity index is 3.00. The molecule has 0 aliphatic rings. The molecule has 0 heterocycles. The lowest BCUT2D eigenvalue weighted by molar-refractivity contribution is 1.48. The van der Waals surface area contributed by atoms with Gasteiger partial charge in [-0.05, 0) is 17.7 Å². The van der Waals surface area contributed by atoms with E-state index in [-0.39, 0.29) is 0 Å². The molecule has 0 atom stereocenters. The van der Waals surface area contributed by atoms with Crippen molar-refractivity contribution < 1.29 is 0 Å². The number of benzene rings is 1. The summed E-state index contributed by atoms with van der Waals surface area (Å²) in [5.41, 5.74) is 1.51. The van der Waals surface area contributed by atoms with Crippen LogP contribution in [0.3, 0.4) is 0 Å². The molecule has 0 N–H and O–H groups in total. The fourth-order valence-electron chi connectivity index (χ4n) is 0.903. The van der Waals surface area contributed by atoms with Crippen LogP contribution in [0.1, 0.15) is 11.1 Å². The van der Waals surface area contributed by atoms with Gasteiger partial charge in [0.2, 0.25) is 0 Å². The van der Waals surface area contributed by atoms with E-state index < -0.39 is 0 Å². The summed E-state index contributed by atoms with van der Waals surface area (Å²) >= 11 is 9.20. The summed E-state index contributed by atoms with van der Waals surface area (Å²) in [4.78, 5) is 0. The zero-order valence-corrected chi connectivity index (χ0v) is 9.14. The van der Waals surface area contributed by atoms with Gasteiger partial charge < -0.3 is 0 Å². The Bertz CT molecular complexity index is 366. The lowest BCUT2D eigenvalue weighted by Gasteiger charge is -1.97. The van der Waals surface area contributed by atoms with Crippen LogP contribution in [0.2, 0.25) is 5.02 Å². The molecule has 0 saturated heterocycles. The number of nitriles is 1. The summed E-state index contributed by atoms with van der Waals surface area (Å²) in [6, 6.07) is 7.28. The maximum Gasteiger partial charge on any atom is 0.0992 e. The molecule has 1 rings (SSSR count). The third-order valence-electron chi connectivity index (χ3n) is 1.52. The number of allylic oxidation sites excluding steroid dienone is 1. The average molecular weight is 257 g/mol. The minimum atomic E-state index is 0.584. The number of hydrogen-bond donors (Lipinski definition) is 0. The molecule has 0 fully saturated rings. The Labute approximate surface area is 90.8 Å². The molecule has 0 aliphatic carbocycles. The van der Waals surface area contributed by atoms with Crippen molar-refractivity contribution in [3.63, 3.8) is 0 Å². The first-order chi connectivity index (χ1) is 6.27. The second kappa shape index (κ2) is 5.06. The van der Waals surface area contributed by atoms with E-state index in [1.54, 1.807) is 12.1 Å². The maximum absolute atomic E-state index is 8.59. The van der Waals surface area contributed by atoms with E-state index in [9.17, 15) is 0 Å². The van der Waals surface area contributed by atoms with Crippen molar-refractivity contribution in [1.29, 1.82) is 5.26 Å². The van der Waals surface area contributed by atoms with Gasteiger partial charge in [0.1, 0.15) is 0 Å². The van der Waals surface area contributed by atoms with Gasteiger partial charge in [-0.3, -0.25) is 0 Å². The normalized spacial score (nSPS) is 10.2. The van der Waals surface area contributed by atoms with Gasteiger partial charge in [0.25, 0.3) is 0 Å².